The predicted molar refractivity (Wildman–Crippen MR) is 92.6 cm³/mol. The first kappa shape index (κ1) is 16.9. The van der Waals surface area contributed by atoms with Gasteiger partial charge in [0.25, 0.3) is 0 Å². The number of carbonyl (C=O) groups is 1. The summed E-state index contributed by atoms with van der Waals surface area (Å²) < 4.78 is 10.5. The highest BCUT2D eigenvalue weighted by Gasteiger charge is 2.14. The highest BCUT2D eigenvalue weighted by Crippen LogP contribution is 2.28. The van der Waals surface area contributed by atoms with E-state index in [1.807, 2.05) is 43.3 Å². The van der Waals surface area contributed by atoms with E-state index >= 15 is 0 Å². The molecule has 4 nitrogen and oxygen atoms in total. The Hall–Kier alpha value is -2.49. The van der Waals surface area contributed by atoms with Gasteiger partial charge in [-0.05, 0) is 54.8 Å². The minimum absolute atomic E-state index is 0.0282. The molecule has 2 rings (SSSR count). The Morgan fingerprint density at radius 1 is 0.957 bits per heavy atom. The van der Waals surface area contributed by atoms with Crippen molar-refractivity contribution < 1.29 is 14.3 Å². The van der Waals surface area contributed by atoms with Crippen LogP contribution >= 0.6 is 0 Å². The fraction of sp³-hybridized carbons (Fsp3) is 0.316. The van der Waals surface area contributed by atoms with Crippen LogP contribution in [-0.4, -0.2) is 27.2 Å². The van der Waals surface area contributed by atoms with Gasteiger partial charge in [-0.25, -0.2) is 0 Å². The van der Waals surface area contributed by atoms with Crippen LogP contribution in [-0.2, 0) is 11.2 Å². The molecule has 0 aliphatic rings. The van der Waals surface area contributed by atoms with Gasteiger partial charge in [-0.1, -0.05) is 12.1 Å². The molecule has 4 heteroatoms. The SMILES string of the molecule is COc1ccc(CC(=O)N(C)c2ccc(C)c(C)c2)cc1OC. The van der Waals surface area contributed by atoms with Gasteiger partial charge in [0.15, 0.2) is 11.5 Å². The van der Waals surface area contributed by atoms with Crippen LogP contribution in [0.15, 0.2) is 36.4 Å². The highest BCUT2D eigenvalue weighted by molar-refractivity contribution is 5.94. The molecule has 2 aromatic carbocycles. The zero-order valence-corrected chi connectivity index (χ0v) is 14.3. The summed E-state index contributed by atoms with van der Waals surface area (Å²) in [5, 5.41) is 0. The van der Waals surface area contributed by atoms with Crippen LogP contribution in [0.1, 0.15) is 16.7 Å². The van der Waals surface area contributed by atoms with Gasteiger partial charge in [0.2, 0.25) is 5.91 Å². The van der Waals surface area contributed by atoms with E-state index in [0.29, 0.717) is 17.9 Å². The van der Waals surface area contributed by atoms with Gasteiger partial charge in [-0.3, -0.25) is 4.79 Å². The molecule has 122 valence electrons. The predicted octanol–water partition coefficient (Wildman–Crippen LogP) is 3.53. The number of hydrogen-bond acceptors (Lipinski definition) is 3. The van der Waals surface area contributed by atoms with E-state index < -0.39 is 0 Å². The summed E-state index contributed by atoms with van der Waals surface area (Å²) in [4.78, 5) is 14.2. The summed E-state index contributed by atoms with van der Waals surface area (Å²) in [6.45, 7) is 4.11. The molecule has 0 saturated carbocycles. The van der Waals surface area contributed by atoms with Gasteiger partial charge in [-0.15, -0.1) is 0 Å². The van der Waals surface area contributed by atoms with Crippen LogP contribution in [0.2, 0.25) is 0 Å². The number of benzene rings is 2. The van der Waals surface area contributed by atoms with E-state index in [9.17, 15) is 4.79 Å². The van der Waals surface area contributed by atoms with Crippen molar-refractivity contribution in [2.45, 2.75) is 20.3 Å². The summed E-state index contributed by atoms with van der Waals surface area (Å²) in [6, 6.07) is 11.6. The topological polar surface area (TPSA) is 38.8 Å². The van der Waals surface area contributed by atoms with E-state index in [4.69, 9.17) is 9.47 Å². The van der Waals surface area contributed by atoms with Gasteiger partial charge in [0, 0.05) is 12.7 Å². The highest BCUT2D eigenvalue weighted by atomic mass is 16.5. The molecular weight excluding hydrogens is 290 g/mol. The van der Waals surface area contributed by atoms with Gasteiger partial charge in [0.05, 0.1) is 20.6 Å². The maximum atomic E-state index is 12.5. The van der Waals surface area contributed by atoms with Gasteiger partial charge in [-0.2, -0.15) is 0 Å². The molecule has 0 aliphatic carbocycles. The van der Waals surface area contributed by atoms with Crippen molar-refractivity contribution >= 4 is 11.6 Å². The molecule has 0 radical (unpaired) electrons. The van der Waals surface area contributed by atoms with Crippen LogP contribution in [0.5, 0.6) is 11.5 Å². The molecule has 0 spiro atoms. The normalized spacial score (nSPS) is 10.3. The minimum Gasteiger partial charge on any atom is -0.493 e. The van der Waals surface area contributed by atoms with E-state index in [1.54, 1.807) is 26.2 Å². The summed E-state index contributed by atoms with van der Waals surface area (Å²) in [5.41, 5.74) is 4.18. The van der Waals surface area contributed by atoms with Crippen molar-refractivity contribution in [1.82, 2.24) is 0 Å². The average molecular weight is 313 g/mol. The summed E-state index contributed by atoms with van der Waals surface area (Å²) in [5.74, 6) is 1.32. The number of hydrogen-bond donors (Lipinski definition) is 0. The lowest BCUT2D eigenvalue weighted by molar-refractivity contribution is -0.117. The Bertz CT molecular complexity index is 710. The first-order valence-electron chi connectivity index (χ1n) is 7.51. The average Bonchev–Trinajstić information content (AvgIpc) is 2.56. The molecule has 0 saturated heterocycles. The molecule has 0 fully saturated rings. The third-order valence-corrected chi connectivity index (χ3v) is 4.06. The third kappa shape index (κ3) is 3.83. The number of anilines is 1. The van der Waals surface area contributed by atoms with Crippen LogP contribution < -0.4 is 14.4 Å². The number of nitrogens with zero attached hydrogens (tertiary/aromatic N) is 1. The van der Waals surface area contributed by atoms with E-state index in [-0.39, 0.29) is 5.91 Å². The second kappa shape index (κ2) is 7.18. The molecule has 0 aromatic heterocycles. The van der Waals surface area contributed by atoms with Crippen LogP contribution in [0, 0.1) is 13.8 Å². The molecular formula is C19H23NO3. The second-order valence-corrected chi connectivity index (χ2v) is 5.59. The van der Waals surface area contributed by atoms with Crippen molar-refractivity contribution in [1.29, 1.82) is 0 Å². The zero-order valence-electron chi connectivity index (χ0n) is 14.3. The first-order valence-corrected chi connectivity index (χ1v) is 7.51. The molecule has 0 aliphatic heterocycles. The fourth-order valence-electron chi connectivity index (χ4n) is 2.36. The summed E-state index contributed by atoms with van der Waals surface area (Å²) in [6.07, 6.45) is 0.309. The van der Waals surface area contributed by atoms with E-state index in [0.717, 1.165) is 11.3 Å². The molecule has 0 atom stereocenters. The van der Waals surface area contributed by atoms with Crippen molar-refractivity contribution in [2.75, 3.05) is 26.2 Å². The number of likely N-dealkylation sites (N-methyl/N-ethyl adjacent to an activating group) is 1. The van der Waals surface area contributed by atoms with Crippen LogP contribution in [0.4, 0.5) is 5.69 Å². The number of amides is 1. The van der Waals surface area contributed by atoms with Crippen LogP contribution in [0.25, 0.3) is 0 Å². The molecule has 0 heterocycles. The van der Waals surface area contributed by atoms with Gasteiger partial charge >= 0.3 is 0 Å². The minimum atomic E-state index is 0.0282. The number of ether oxygens (including phenoxy) is 2. The quantitative estimate of drug-likeness (QED) is 0.847. The maximum Gasteiger partial charge on any atom is 0.231 e. The number of methoxy groups -OCH3 is 2. The maximum absolute atomic E-state index is 12.5. The molecule has 2 aromatic rings. The molecule has 23 heavy (non-hydrogen) atoms. The number of rotatable bonds is 5. The fourth-order valence-corrected chi connectivity index (χ4v) is 2.36. The van der Waals surface area contributed by atoms with Gasteiger partial charge < -0.3 is 14.4 Å². The lowest BCUT2D eigenvalue weighted by Gasteiger charge is -2.19. The van der Waals surface area contributed by atoms with Crippen LogP contribution in [0.3, 0.4) is 0 Å². The Labute approximate surface area is 137 Å². The Morgan fingerprint density at radius 2 is 1.65 bits per heavy atom. The lowest BCUT2D eigenvalue weighted by atomic mass is 10.1. The Morgan fingerprint density at radius 3 is 2.26 bits per heavy atom. The van der Waals surface area contributed by atoms with E-state index in [2.05, 4.69) is 6.92 Å². The van der Waals surface area contributed by atoms with Crippen molar-refractivity contribution in [3.8, 4) is 11.5 Å². The molecule has 0 N–H and O–H groups in total. The monoisotopic (exact) mass is 313 g/mol. The number of carbonyl (C=O) groups excluding carboxylic acids is 1. The first-order chi connectivity index (χ1) is 11.0. The summed E-state index contributed by atoms with van der Waals surface area (Å²) in [7, 11) is 4.98. The second-order valence-electron chi connectivity index (χ2n) is 5.59. The van der Waals surface area contributed by atoms with Crippen molar-refractivity contribution in [3.63, 3.8) is 0 Å². The Kier molecular flexibility index (Phi) is 5.27. The van der Waals surface area contributed by atoms with Gasteiger partial charge in [0.1, 0.15) is 0 Å². The smallest absolute Gasteiger partial charge is 0.231 e. The standard InChI is InChI=1S/C19H23NO3/c1-13-6-8-16(10-14(13)2)20(3)19(21)12-15-7-9-17(22-4)18(11-15)23-5/h6-11H,12H2,1-5H3. The molecule has 0 unspecified atom stereocenters. The Balaban J connectivity index is 2.16. The van der Waals surface area contributed by atoms with Crippen molar-refractivity contribution in [2.24, 2.45) is 0 Å². The zero-order chi connectivity index (χ0) is 17.0. The third-order valence-electron chi connectivity index (χ3n) is 4.06. The molecule has 0 bridgehead atoms. The van der Waals surface area contributed by atoms with E-state index in [1.165, 1.54) is 11.1 Å². The summed E-state index contributed by atoms with van der Waals surface area (Å²) >= 11 is 0. The molecule has 1 amide bonds. The lowest BCUT2D eigenvalue weighted by Crippen LogP contribution is -2.27. The number of aryl methyl sites for hydroxylation is 2. The van der Waals surface area contributed by atoms with Crippen molar-refractivity contribution in [3.05, 3.63) is 53.1 Å². The largest absolute Gasteiger partial charge is 0.493 e.